The van der Waals surface area contributed by atoms with Crippen LogP contribution in [0, 0.1) is 28.1 Å². The molecule has 9 heteroatoms. The Morgan fingerprint density at radius 1 is 1.12 bits per heavy atom. The lowest BCUT2D eigenvalue weighted by atomic mass is 9.39. The quantitative estimate of drug-likeness (QED) is 0.272. The van der Waals surface area contributed by atoms with Crippen molar-refractivity contribution < 1.29 is 42.8 Å². The smallest absolute Gasteiger partial charge is 0.333 e. The molecule has 236 valence electrons. The molecule has 0 aromatic carbocycles. The Morgan fingerprint density at radius 3 is 2.49 bits per heavy atom. The van der Waals surface area contributed by atoms with E-state index in [1.54, 1.807) is 19.5 Å². The monoisotopic (exact) mass is 598 g/mol. The van der Waals surface area contributed by atoms with Crippen LogP contribution in [0.4, 0.5) is 0 Å². The first kappa shape index (κ1) is 30.6. The molecule has 0 radical (unpaired) electrons. The maximum absolute atomic E-state index is 13.2. The van der Waals surface area contributed by atoms with Crippen LogP contribution in [0.5, 0.6) is 0 Å². The number of carbonyl (C=O) groups is 2. The molecule has 4 fully saturated rings. The van der Waals surface area contributed by atoms with Gasteiger partial charge in [0, 0.05) is 60.0 Å². The van der Waals surface area contributed by atoms with Crippen molar-refractivity contribution in [1.82, 2.24) is 0 Å². The van der Waals surface area contributed by atoms with E-state index in [1.165, 1.54) is 6.92 Å². The molecule has 6 rings (SSSR count). The van der Waals surface area contributed by atoms with Crippen LogP contribution in [-0.4, -0.2) is 67.1 Å². The van der Waals surface area contributed by atoms with Crippen molar-refractivity contribution in [1.29, 1.82) is 0 Å². The SMILES string of the molecule is C=C(C)C(=O)O[C@H]1C[C@@H](OC(C)=O)[C@@]2(C)CO[C@H]3C2[C@@]1(C)C1C[C@H](OCC)O[C@H]2C[C@@H](c4ccoc4)C(C)=C2[C@]1(C)[C@@H]3O. The van der Waals surface area contributed by atoms with Crippen LogP contribution in [0.15, 0.2) is 46.3 Å². The molecule has 2 saturated carbocycles. The zero-order valence-electron chi connectivity index (χ0n) is 26.4. The van der Waals surface area contributed by atoms with Crippen molar-refractivity contribution in [3.63, 3.8) is 0 Å². The third-order valence-corrected chi connectivity index (χ3v) is 11.8. The van der Waals surface area contributed by atoms with Gasteiger partial charge >= 0.3 is 11.9 Å². The predicted octanol–water partition coefficient (Wildman–Crippen LogP) is 5.08. The lowest BCUT2D eigenvalue weighted by Gasteiger charge is -2.66. The normalized spacial score (nSPS) is 45.1. The topological polar surface area (TPSA) is 114 Å². The molecule has 2 saturated heterocycles. The van der Waals surface area contributed by atoms with E-state index in [2.05, 4.69) is 34.3 Å². The highest BCUT2D eigenvalue weighted by Crippen LogP contribution is 2.72. The fourth-order valence-electron chi connectivity index (χ4n) is 10.1. The molecule has 5 aliphatic rings. The Morgan fingerprint density at radius 2 is 1.86 bits per heavy atom. The fourth-order valence-corrected chi connectivity index (χ4v) is 10.1. The first-order valence-electron chi connectivity index (χ1n) is 15.6. The van der Waals surface area contributed by atoms with E-state index in [9.17, 15) is 14.7 Å². The van der Waals surface area contributed by atoms with E-state index in [0.717, 1.165) is 16.7 Å². The van der Waals surface area contributed by atoms with Crippen molar-refractivity contribution in [3.8, 4) is 0 Å². The van der Waals surface area contributed by atoms with Gasteiger partial charge in [-0.1, -0.05) is 32.9 Å². The molecule has 43 heavy (non-hydrogen) atoms. The van der Waals surface area contributed by atoms with E-state index < -0.39 is 58.9 Å². The molecule has 0 amide bonds. The minimum absolute atomic E-state index is 0.0702. The summed E-state index contributed by atoms with van der Waals surface area (Å²) >= 11 is 0. The van der Waals surface area contributed by atoms with Gasteiger partial charge in [0.1, 0.15) is 12.2 Å². The van der Waals surface area contributed by atoms with Gasteiger partial charge in [-0.05, 0) is 50.3 Å². The minimum Gasteiger partial charge on any atom is -0.472 e. The van der Waals surface area contributed by atoms with Crippen LogP contribution in [-0.2, 0) is 33.3 Å². The van der Waals surface area contributed by atoms with Crippen LogP contribution in [0.1, 0.15) is 79.2 Å². The second-order valence-electron chi connectivity index (χ2n) is 14.1. The molecule has 0 spiro atoms. The van der Waals surface area contributed by atoms with Gasteiger partial charge in [-0.25, -0.2) is 4.79 Å². The standard InChI is InChI=1S/C34H46O9/c1-9-39-26-13-23-33(7)25(43-31(37)17(2)3)14-24(41-19(5)35)32(6)16-40-28(29(32)33)30(36)34(23,8)27-18(4)21(12-22(27)42-26)20-10-11-38-15-20/h10-11,15,21-26,28-30,36H,2,9,12-14,16H2,1,3-8H3/t21-,22+,23?,24-,25+,26-,28+,29?,30-,32-,33+,34-/m1/s1. The number of allylic oxidation sites excluding steroid dienone is 1. The van der Waals surface area contributed by atoms with E-state index in [-0.39, 0.29) is 23.9 Å². The summed E-state index contributed by atoms with van der Waals surface area (Å²) in [6.07, 6.45) is 1.56. The van der Waals surface area contributed by atoms with Crippen LogP contribution in [0.2, 0.25) is 0 Å². The number of fused-ring (bicyclic) bond motifs is 4. The van der Waals surface area contributed by atoms with Crippen molar-refractivity contribution in [2.75, 3.05) is 13.2 Å². The Hall–Kier alpha value is -2.46. The number of esters is 2. The highest BCUT2D eigenvalue weighted by molar-refractivity contribution is 5.87. The summed E-state index contributed by atoms with van der Waals surface area (Å²) in [5.41, 5.74) is 1.51. The van der Waals surface area contributed by atoms with Crippen molar-refractivity contribution in [2.24, 2.45) is 28.1 Å². The van der Waals surface area contributed by atoms with Gasteiger partial charge in [0.25, 0.3) is 0 Å². The van der Waals surface area contributed by atoms with Crippen LogP contribution in [0.3, 0.4) is 0 Å². The minimum atomic E-state index is -0.884. The maximum atomic E-state index is 13.2. The van der Waals surface area contributed by atoms with Gasteiger partial charge in [-0.2, -0.15) is 0 Å². The third kappa shape index (κ3) is 4.32. The lowest BCUT2D eigenvalue weighted by Crippen LogP contribution is -2.71. The summed E-state index contributed by atoms with van der Waals surface area (Å²) < 4.78 is 37.3. The van der Waals surface area contributed by atoms with Gasteiger partial charge in [0.05, 0.1) is 37.4 Å². The average molecular weight is 599 g/mol. The molecule has 2 aliphatic heterocycles. The number of carbonyl (C=O) groups excluding carboxylic acids is 2. The zero-order valence-corrected chi connectivity index (χ0v) is 26.4. The van der Waals surface area contributed by atoms with E-state index >= 15 is 0 Å². The number of aliphatic hydroxyl groups excluding tert-OH is 1. The molecular formula is C34H46O9. The molecule has 2 unspecified atom stereocenters. The third-order valence-electron chi connectivity index (χ3n) is 11.8. The summed E-state index contributed by atoms with van der Waals surface area (Å²) in [7, 11) is 0. The first-order chi connectivity index (χ1) is 20.3. The Balaban J connectivity index is 1.56. The van der Waals surface area contributed by atoms with Crippen LogP contribution < -0.4 is 0 Å². The van der Waals surface area contributed by atoms with Crippen molar-refractivity contribution in [2.45, 2.75) is 110 Å². The van der Waals surface area contributed by atoms with Gasteiger partial charge in [0.2, 0.25) is 0 Å². The van der Waals surface area contributed by atoms with E-state index in [1.807, 2.05) is 13.0 Å². The number of aliphatic hydroxyl groups is 1. The largest absolute Gasteiger partial charge is 0.472 e. The highest BCUT2D eigenvalue weighted by atomic mass is 16.7. The highest BCUT2D eigenvalue weighted by Gasteiger charge is 2.76. The summed E-state index contributed by atoms with van der Waals surface area (Å²) in [6, 6.07) is 1.99. The van der Waals surface area contributed by atoms with Gasteiger partial charge in [-0.15, -0.1) is 0 Å². The van der Waals surface area contributed by atoms with Gasteiger partial charge in [0.15, 0.2) is 6.29 Å². The molecule has 1 N–H and O–H groups in total. The second-order valence-corrected chi connectivity index (χ2v) is 14.1. The predicted molar refractivity (Wildman–Crippen MR) is 156 cm³/mol. The summed E-state index contributed by atoms with van der Waals surface area (Å²) in [4.78, 5) is 25.5. The Labute approximate surface area is 253 Å². The summed E-state index contributed by atoms with van der Waals surface area (Å²) in [5.74, 6) is -1.32. The number of hydrogen-bond donors (Lipinski definition) is 1. The second kappa shape index (κ2) is 10.6. The number of ether oxygens (including phenoxy) is 5. The molecule has 9 nitrogen and oxygen atoms in total. The number of furan rings is 1. The van der Waals surface area contributed by atoms with Crippen molar-refractivity contribution in [3.05, 3.63) is 47.5 Å². The number of rotatable bonds is 6. The molecule has 3 aliphatic carbocycles. The van der Waals surface area contributed by atoms with Gasteiger partial charge < -0.3 is 33.2 Å². The van der Waals surface area contributed by atoms with E-state index in [0.29, 0.717) is 38.0 Å². The zero-order chi connectivity index (χ0) is 31.1. The molecular weight excluding hydrogens is 552 g/mol. The molecule has 1 aromatic rings. The lowest BCUT2D eigenvalue weighted by molar-refractivity contribution is -0.260. The van der Waals surface area contributed by atoms with Crippen LogP contribution in [0.25, 0.3) is 0 Å². The maximum Gasteiger partial charge on any atom is 0.333 e. The molecule has 12 atom stereocenters. The molecule has 1 aromatic heterocycles. The summed E-state index contributed by atoms with van der Waals surface area (Å²) in [6.45, 7) is 18.1. The van der Waals surface area contributed by atoms with Crippen LogP contribution >= 0.6 is 0 Å². The van der Waals surface area contributed by atoms with Crippen molar-refractivity contribution >= 4 is 11.9 Å². The Kier molecular flexibility index (Phi) is 7.51. The molecule has 3 heterocycles. The van der Waals surface area contributed by atoms with Gasteiger partial charge in [-0.3, -0.25) is 4.79 Å². The first-order valence-corrected chi connectivity index (χ1v) is 15.6. The summed E-state index contributed by atoms with van der Waals surface area (Å²) in [5, 5.41) is 12.6. The average Bonchev–Trinajstić information content (AvgIpc) is 3.65. The van der Waals surface area contributed by atoms with E-state index in [4.69, 9.17) is 28.1 Å². The molecule has 0 bridgehead atoms. The Bertz CT molecular complexity index is 1320. The fraction of sp³-hybridized carbons (Fsp3) is 0.706. The number of hydrogen-bond acceptors (Lipinski definition) is 9.